The summed E-state index contributed by atoms with van der Waals surface area (Å²) in [7, 11) is 0. The van der Waals surface area contributed by atoms with Gasteiger partial charge in [-0.2, -0.15) is 0 Å². The van der Waals surface area contributed by atoms with Crippen molar-refractivity contribution >= 4 is 5.97 Å². The van der Waals surface area contributed by atoms with Crippen LogP contribution < -0.4 is 5.56 Å². The fourth-order valence-corrected chi connectivity index (χ4v) is 1.96. The van der Waals surface area contributed by atoms with Gasteiger partial charge in [0.15, 0.2) is 0 Å². The van der Waals surface area contributed by atoms with Crippen LogP contribution in [0.5, 0.6) is 0 Å². The van der Waals surface area contributed by atoms with Crippen molar-refractivity contribution in [2.45, 2.75) is 60.6 Å². The van der Waals surface area contributed by atoms with Crippen LogP contribution in [0.25, 0.3) is 0 Å². The maximum atomic E-state index is 12.2. The van der Waals surface area contributed by atoms with Crippen molar-refractivity contribution in [2.75, 3.05) is 0 Å². The summed E-state index contributed by atoms with van der Waals surface area (Å²) in [6, 6.07) is 0. The molecule has 0 saturated carbocycles. The number of esters is 1. The van der Waals surface area contributed by atoms with Gasteiger partial charge in [-0.05, 0) is 59.6 Å². The molecule has 0 aliphatic carbocycles. The second-order valence-corrected chi connectivity index (χ2v) is 5.94. The minimum absolute atomic E-state index is 0.0378. The Morgan fingerprint density at radius 2 is 1.58 bits per heavy atom. The summed E-state index contributed by atoms with van der Waals surface area (Å²) < 4.78 is 6.75. The van der Waals surface area contributed by atoms with Crippen molar-refractivity contribution in [3.63, 3.8) is 0 Å². The maximum Gasteiger partial charge on any atom is 0.326 e. The van der Waals surface area contributed by atoms with Gasteiger partial charge < -0.3 is 9.30 Å². The molecule has 4 heteroatoms. The summed E-state index contributed by atoms with van der Waals surface area (Å²) in [6.07, 6.45) is 0. The van der Waals surface area contributed by atoms with Crippen LogP contribution in [0.15, 0.2) is 4.79 Å². The van der Waals surface area contributed by atoms with Crippen molar-refractivity contribution in [1.29, 1.82) is 0 Å². The Bertz CT molecular complexity index is 562. The molecule has 0 bridgehead atoms. The lowest BCUT2D eigenvalue weighted by Crippen LogP contribution is -2.33. The van der Waals surface area contributed by atoms with Crippen molar-refractivity contribution < 1.29 is 9.53 Å². The molecule has 0 spiro atoms. The lowest BCUT2D eigenvalue weighted by molar-refractivity contribution is -0.155. The molecule has 1 aromatic heterocycles. The summed E-state index contributed by atoms with van der Waals surface area (Å²) in [6.45, 7) is 12.9. The average Bonchev–Trinajstić information content (AvgIpc) is 2.27. The molecule has 4 nitrogen and oxygen atoms in total. The van der Waals surface area contributed by atoms with Crippen LogP contribution in [0.3, 0.4) is 0 Å². The second-order valence-electron chi connectivity index (χ2n) is 5.94. The molecule has 0 aromatic carbocycles. The van der Waals surface area contributed by atoms with E-state index in [1.165, 1.54) is 4.57 Å². The molecular formula is C15H23NO3. The smallest absolute Gasteiger partial charge is 0.326 e. The molecule has 0 unspecified atom stereocenters. The monoisotopic (exact) mass is 265 g/mol. The van der Waals surface area contributed by atoms with Gasteiger partial charge in [0, 0.05) is 11.3 Å². The first-order valence-electron chi connectivity index (χ1n) is 6.43. The standard InChI is InChI=1S/C15H23NO3/c1-9-10(2)12(4)16(14(18)11(9)3)8-13(17)19-15(5,6)7/h8H2,1-7H3. The average molecular weight is 265 g/mol. The van der Waals surface area contributed by atoms with Crippen LogP contribution in [0, 0.1) is 27.7 Å². The fraction of sp³-hybridized carbons (Fsp3) is 0.600. The van der Waals surface area contributed by atoms with Crippen molar-refractivity contribution in [3.8, 4) is 0 Å². The maximum absolute atomic E-state index is 12.2. The summed E-state index contributed by atoms with van der Waals surface area (Å²) in [5.74, 6) is -0.389. The van der Waals surface area contributed by atoms with Gasteiger partial charge in [0.25, 0.3) is 5.56 Å². The minimum atomic E-state index is -0.538. The van der Waals surface area contributed by atoms with E-state index in [9.17, 15) is 9.59 Å². The largest absolute Gasteiger partial charge is 0.459 e. The van der Waals surface area contributed by atoms with E-state index in [0.29, 0.717) is 5.56 Å². The summed E-state index contributed by atoms with van der Waals surface area (Å²) >= 11 is 0. The number of aromatic nitrogens is 1. The normalized spacial score (nSPS) is 11.5. The van der Waals surface area contributed by atoms with Crippen molar-refractivity contribution in [1.82, 2.24) is 4.57 Å². The molecule has 0 fully saturated rings. The highest BCUT2D eigenvalue weighted by molar-refractivity contribution is 5.70. The Labute approximate surface area is 114 Å². The number of hydrogen-bond acceptors (Lipinski definition) is 3. The van der Waals surface area contributed by atoms with Gasteiger partial charge in [-0.25, -0.2) is 0 Å². The van der Waals surface area contributed by atoms with Gasteiger partial charge >= 0.3 is 5.97 Å². The molecule has 0 amide bonds. The Balaban J connectivity index is 3.17. The number of ether oxygens (including phenoxy) is 1. The molecule has 1 aromatic rings. The molecule has 0 N–H and O–H groups in total. The van der Waals surface area contributed by atoms with E-state index in [-0.39, 0.29) is 18.1 Å². The molecule has 0 atom stereocenters. The first-order valence-corrected chi connectivity index (χ1v) is 6.43. The zero-order valence-corrected chi connectivity index (χ0v) is 12.9. The Morgan fingerprint density at radius 3 is 2.05 bits per heavy atom. The zero-order valence-electron chi connectivity index (χ0n) is 12.9. The van der Waals surface area contributed by atoms with E-state index in [0.717, 1.165) is 16.8 Å². The lowest BCUT2D eigenvalue weighted by Gasteiger charge is -2.21. The Morgan fingerprint density at radius 1 is 1.05 bits per heavy atom. The van der Waals surface area contributed by atoms with Crippen molar-refractivity contribution in [2.24, 2.45) is 0 Å². The molecule has 106 valence electrons. The fourth-order valence-electron chi connectivity index (χ4n) is 1.96. The molecule has 1 rings (SSSR count). The Kier molecular flexibility index (Phi) is 4.23. The van der Waals surface area contributed by atoms with Crippen LogP contribution in [0.4, 0.5) is 0 Å². The molecular weight excluding hydrogens is 242 g/mol. The van der Waals surface area contributed by atoms with E-state index in [4.69, 9.17) is 4.74 Å². The predicted octanol–water partition coefficient (Wildman–Crippen LogP) is 2.42. The SMILES string of the molecule is Cc1c(C)c(C)n(CC(=O)OC(C)(C)C)c(=O)c1C. The minimum Gasteiger partial charge on any atom is -0.459 e. The summed E-state index contributed by atoms with van der Waals surface area (Å²) in [4.78, 5) is 24.1. The lowest BCUT2D eigenvalue weighted by atomic mass is 10.0. The number of rotatable bonds is 2. The Hall–Kier alpha value is -1.58. The van der Waals surface area contributed by atoms with Crippen LogP contribution >= 0.6 is 0 Å². The van der Waals surface area contributed by atoms with E-state index in [2.05, 4.69) is 0 Å². The number of nitrogens with zero attached hydrogens (tertiary/aromatic N) is 1. The molecule has 19 heavy (non-hydrogen) atoms. The van der Waals surface area contributed by atoms with Gasteiger partial charge in [0.1, 0.15) is 12.1 Å². The third kappa shape index (κ3) is 3.46. The van der Waals surface area contributed by atoms with Crippen LogP contribution in [0.2, 0.25) is 0 Å². The number of carbonyl (C=O) groups is 1. The van der Waals surface area contributed by atoms with Gasteiger partial charge in [0.2, 0.25) is 0 Å². The first kappa shape index (κ1) is 15.5. The molecule has 0 saturated heterocycles. The molecule has 0 aliphatic rings. The highest BCUT2D eigenvalue weighted by Gasteiger charge is 2.19. The first-order chi connectivity index (χ1) is 8.54. The van der Waals surface area contributed by atoms with Gasteiger partial charge in [-0.15, -0.1) is 0 Å². The van der Waals surface area contributed by atoms with Crippen LogP contribution in [0.1, 0.15) is 43.2 Å². The van der Waals surface area contributed by atoms with E-state index < -0.39 is 5.60 Å². The number of pyridine rings is 1. The molecule has 0 aliphatic heterocycles. The summed E-state index contributed by atoms with van der Waals surface area (Å²) in [5.41, 5.74) is 2.88. The van der Waals surface area contributed by atoms with Crippen LogP contribution in [-0.4, -0.2) is 16.1 Å². The molecule has 1 heterocycles. The highest BCUT2D eigenvalue weighted by atomic mass is 16.6. The number of hydrogen-bond donors (Lipinski definition) is 0. The predicted molar refractivity (Wildman–Crippen MR) is 75.5 cm³/mol. The van der Waals surface area contributed by atoms with E-state index >= 15 is 0 Å². The third-order valence-electron chi connectivity index (χ3n) is 3.35. The van der Waals surface area contributed by atoms with Crippen molar-refractivity contribution in [3.05, 3.63) is 32.7 Å². The van der Waals surface area contributed by atoms with E-state index in [1.54, 1.807) is 6.92 Å². The van der Waals surface area contributed by atoms with Gasteiger partial charge in [-0.3, -0.25) is 9.59 Å². The summed E-state index contributed by atoms with van der Waals surface area (Å²) in [5, 5.41) is 0. The zero-order chi connectivity index (χ0) is 15.0. The third-order valence-corrected chi connectivity index (χ3v) is 3.35. The number of carbonyl (C=O) groups excluding carboxylic acids is 1. The van der Waals surface area contributed by atoms with Gasteiger partial charge in [-0.1, -0.05) is 0 Å². The topological polar surface area (TPSA) is 48.3 Å². The van der Waals surface area contributed by atoms with Gasteiger partial charge in [0.05, 0.1) is 0 Å². The second kappa shape index (κ2) is 5.19. The highest BCUT2D eigenvalue weighted by Crippen LogP contribution is 2.14. The quantitative estimate of drug-likeness (QED) is 0.772. The molecule has 0 radical (unpaired) electrons. The van der Waals surface area contributed by atoms with Crippen LogP contribution in [-0.2, 0) is 16.1 Å². The van der Waals surface area contributed by atoms with E-state index in [1.807, 2.05) is 41.5 Å².